The van der Waals surface area contributed by atoms with Crippen molar-refractivity contribution < 1.29 is 14.5 Å². The number of aromatic nitrogens is 1. The van der Waals surface area contributed by atoms with E-state index < -0.39 is 4.92 Å². The van der Waals surface area contributed by atoms with Gasteiger partial charge in [-0.15, -0.1) is 11.8 Å². The molecule has 3 rings (SSSR count). The smallest absolute Gasteiger partial charge is 0.311 e. The van der Waals surface area contributed by atoms with E-state index in [0.29, 0.717) is 11.4 Å². The van der Waals surface area contributed by atoms with E-state index in [4.69, 9.17) is 4.74 Å². The highest BCUT2D eigenvalue weighted by Crippen LogP contribution is 2.29. The molecule has 1 N–H and O–H groups in total. The van der Waals surface area contributed by atoms with Gasteiger partial charge in [0.15, 0.2) is 5.75 Å². The Hall–Kier alpha value is -3.13. The number of methoxy groups -OCH3 is 1. The molecular weight excluding hydrogens is 366 g/mol. The van der Waals surface area contributed by atoms with Gasteiger partial charge in [0.1, 0.15) is 0 Å². The van der Waals surface area contributed by atoms with Gasteiger partial charge in [0.05, 0.1) is 29.0 Å². The number of rotatable bonds is 7. The number of thioether (sulfide) groups is 1. The van der Waals surface area contributed by atoms with Gasteiger partial charge in [-0.25, -0.2) is 0 Å². The van der Waals surface area contributed by atoms with Gasteiger partial charge in [-0.3, -0.25) is 19.9 Å². The van der Waals surface area contributed by atoms with Crippen LogP contribution in [-0.2, 0) is 10.5 Å². The molecule has 0 fully saturated rings. The number of nitrogens with one attached hydrogen (secondary N) is 1. The lowest BCUT2D eigenvalue weighted by molar-refractivity contribution is -0.385. The molecule has 1 aromatic heterocycles. The minimum atomic E-state index is -0.479. The van der Waals surface area contributed by atoms with E-state index in [9.17, 15) is 14.9 Å². The Morgan fingerprint density at radius 2 is 2.07 bits per heavy atom. The van der Waals surface area contributed by atoms with Crippen molar-refractivity contribution in [3.63, 3.8) is 0 Å². The maximum Gasteiger partial charge on any atom is 0.311 e. The maximum absolute atomic E-state index is 12.2. The molecular formula is C19H17N3O4S. The first-order chi connectivity index (χ1) is 13.1. The van der Waals surface area contributed by atoms with Crippen LogP contribution >= 0.6 is 11.8 Å². The fourth-order valence-corrected chi connectivity index (χ4v) is 3.40. The van der Waals surface area contributed by atoms with Crippen LogP contribution in [0.5, 0.6) is 5.75 Å². The number of hydrogen-bond acceptors (Lipinski definition) is 6. The molecule has 0 spiro atoms. The molecule has 138 valence electrons. The molecule has 8 heteroatoms. The molecule has 0 aliphatic carbocycles. The number of benzene rings is 2. The third-order valence-electron chi connectivity index (χ3n) is 3.85. The third-order valence-corrected chi connectivity index (χ3v) is 4.85. The number of ether oxygens (including phenoxy) is 1. The zero-order valence-corrected chi connectivity index (χ0v) is 15.4. The molecule has 0 aliphatic rings. The van der Waals surface area contributed by atoms with Crippen molar-refractivity contribution in [2.45, 2.75) is 5.75 Å². The van der Waals surface area contributed by atoms with E-state index in [2.05, 4.69) is 10.3 Å². The van der Waals surface area contributed by atoms with Gasteiger partial charge in [0, 0.05) is 23.4 Å². The zero-order valence-electron chi connectivity index (χ0n) is 14.5. The van der Waals surface area contributed by atoms with Gasteiger partial charge >= 0.3 is 5.69 Å². The van der Waals surface area contributed by atoms with Crippen LogP contribution in [-0.4, -0.2) is 28.7 Å². The molecule has 0 saturated heterocycles. The number of nitrogens with zero attached hydrogens (tertiary/aromatic N) is 2. The standard InChI is InChI=1S/C19H17N3O4S/c1-26-17-8-7-13(10-16(17)22(24)25)11-27-12-18(23)21-15-6-2-4-14-5-3-9-20-19(14)15/h2-10H,11-12H2,1H3,(H,21,23). The normalized spacial score (nSPS) is 10.6. The van der Waals surface area contributed by atoms with Gasteiger partial charge < -0.3 is 10.1 Å². The van der Waals surface area contributed by atoms with E-state index in [0.717, 1.165) is 16.5 Å². The van der Waals surface area contributed by atoms with E-state index in [-0.39, 0.29) is 23.1 Å². The number of carbonyl (C=O) groups excluding carboxylic acids is 1. The number of para-hydroxylation sites is 1. The molecule has 3 aromatic rings. The largest absolute Gasteiger partial charge is 0.490 e. The molecule has 0 unspecified atom stereocenters. The third kappa shape index (κ3) is 4.53. The van der Waals surface area contributed by atoms with Crippen LogP contribution in [0.15, 0.2) is 54.7 Å². The van der Waals surface area contributed by atoms with Crippen molar-refractivity contribution in [2.75, 3.05) is 18.2 Å². The van der Waals surface area contributed by atoms with Gasteiger partial charge in [-0.2, -0.15) is 0 Å². The summed E-state index contributed by atoms with van der Waals surface area (Å²) in [6, 6.07) is 14.2. The van der Waals surface area contributed by atoms with Crippen molar-refractivity contribution in [2.24, 2.45) is 0 Å². The molecule has 1 amide bonds. The summed E-state index contributed by atoms with van der Waals surface area (Å²) in [5.74, 6) is 0.769. The summed E-state index contributed by atoms with van der Waals surface area (Å²) in [7, 11) is 1.39. The Morgan fingerprint density at radius 1 is 1.26 bits per heavy atom. The number of amides is 1. The predicted molar refractivity (Wildman–Crippen MR) is 106 cm³/mol. The van der Waals surface area contributed by atoms with Gasteiger partial charge in [-0.05, 0) is 23.8 Å². The monoisotopic (exact) mass is 383 g/mol. The van der Waals surface area contributed by atoms with Crippen molar-refractivity contribution in [1.82, 2.24) is 4.98 Å². The predicted octanol–water partition coefficient (Wildman–Crippen LogP) is 4.02. The number of anilines is 1. The van der Waals surface area contributed by atoms with Crippen molar-refractivity contribution >= 4 is 39.9 Å². The molecule has 0 bridgehead atoms. The summed E-state index contributed by atoms with van der Waals surface area (Å²) >= 11 is 1.38. The topological polar surface area (TPSA) is 94.4 Å². The second-order valence-corrected chi connectivity index (χ2v) is 6.67. The minimum absolute atomic E-state index is 0.0816. The highest BCUT2D eigenvalue weighted by Gasteiger charge is 2.15. The maximum atomic E-state index is 12.2. The van der Waals surface area contributed by atoms with Gasteiger partial charge in [0.25, 0.3) is 0 Å². The number of pyridine rings is 1. The molecule has 2 aromatic carbocycles. The van der Waals surface area contributed by atoms with Crippen LogP contribution in [0, 0.1) is 10.1 Å². The summed E-state index contributed by atoms with van der Waals surface area (Å²) in [5, 5.41) is 14.9. The Balaban J connectivity index is 1.60. The summed E-state index contributed by atoms with van der Waals surface area (Å²) in [6.45, 7) is 0. The molecule has 0 aliphatic heterocycles. The number of nitro benzene ring substituents is 1. The Labute approximate surface area is 159 Å². The van der Waals surface area contributed by atoms with Crippen LogP contribution in [0.25, 0.3) is 10.9 Å². The fourth-order valence-electron chi connectivity index (χ4n) is 2.62. The minimum Gasteiger partial charge on any atom is -0.490 e. The highest BCUT2D eigenvalue weighted by molar-refractivity contribution is 7.99. The molecule has 0 atom stereocenters. The quantitative estimate of drug-likeness (QED) is 0.489. The zero-order chi connectivity index (χ0) is 19.2. The van der Waals surface area contributed by atoms with Crippen molar-refractivity contribution in [1.29, 1.82) is 0 Å². The fraction of sp³-hybridized carbons (Fsp3) is 0.158. The lowest BCUT2D eigenvalue weighted by atomic mass is 10.2. The Bertz CT molecular complexity index is 988. The lowest BCUT2D eigenvalue weighted by Crippen LogP contribution is -2.14. The first-order valence-electron chi connectivity index (χ1n) is 8.11. The second kappa shape index (κ2) is 8.50. The molecule has 0 radical (unpaired) electrons. The van der Waals surface area contributed by atoms with E-state index in [1.165, 1.54) is 24.9 Å². The average Bonchev–Trinajstić information content (AvgIpc) is 2.68. The van der Waals surface area contributed by atoms with Crippen molar-refractivity contribution in [3.05, 3.63) is 70.4 Å². The summed E-state index contributed by atoms with van der Waals surface area (Å²) in [6.07, 6.45) is 1.68. The van der Waals surface area contributed by atoms with Gasteiger partial charge in [0.2, 0.25) is 5.91 Å². The summed E-state index contributed by atoms with van der Waals surface area (Å²) in [4.78, 5) is 27.1. The van der Waals surface area contributed by atoms with Crippen molar-refractivity contribution in [3.8, 4) is 5.75 Å². The molecule has 7 nitrogen and oxygen atoms in total. The van der Waals surface area contributed by atoms with Crippen LogP contribution in [0.1, 0.15) is 5.56 Å². The molecule has 0 saturated carbocycles. The SMILES string of the molecule is COc1ccc(CSCC(=O)Nc2cccc3cccnc23)cc1[N+](=O)[O-]. The number of fused-ring (bicyclic) bond motifs is 1. The second-order valence-electron chi connectivity index (χ2n) is 5.68. The molecule has 1 heterocycles. The molecule has 27 heavy (non-hydrogen) atoms. The highest BCUT2D eigenvalue weighted by atomic mass is 32.2. The Morgan fingerprint density at radius 3 is 2.85 bits per heavy atom. The summed E-state index contributed by atoms with van der Waals surface area (Å²) in [5.41, 5.74) is 2.08. The number of carbonyl (C=O) groups is 1. The number of hydrogen-bond donors (Lipinski definition) is 1. The van der Waals surface area contributed by atoms with E-state index >= 15 is 0 Å². The first kappa shape index (κ1) is 18.7. The van der Waals surface area contributed by atoms with Crippen LogP contribution in [0.2, 0.25) is 0 Å². The Kier molecular flexibility index (Phi) is 5.87. The van der Waals surface area contributed by atoms with E-state index in [1.54, 1.807) is 18.3 Å². The number of nitro groups is 1. The van der Waals surface area contributed by atoms with Crippen LogP contribution in [0.3, 0.4) is 0 Å². The van der Waals surface area contributed by atoms with Gasteiger partial charge in [-0.1, -0.05) is 24.3 Å². The average molecular weight is 383 g/mol. The lowest BCUT2D eigenvalue weighted by Gasteiger charge is -2.08. The van der Waals surface area contributed by atoms with Crippen LogP contribution in [0.4, 0.5) is 11.4 Å². The van der Waals surface area contributed by atoms with E-state index in [1.807, 2.05) is 30.3 Å². The van der Waals surface area contributed by atoms with Crippen LogP contribution < -0.4 is 10.1 Å². The first-order valence-corrected chi connectivity index (χ1v) is 9.26. The summed E-state index contributed by atoms with van der Waals surface area (Å²) < 4.78 is 4.99.